The van der Waals surface area contributed by atoms with Gasteiger partial charge in [-0.05, 0) is 0 Å². The zero-order chi connectivity index (χ0) is 6.69. The topological polar surface area (TPSA) is 25.8 Å². The van der Waals surface area contributed by atoms with Crippen LogP contribution < -0.4 is 0 Å². The summed E-state index contributed by atoms with van der Waals surface area (Å²) in [5.41, 5.74) is 0.887. The molecule has 0 unspecified atom stereocenters. The summed E-state index contributed by atoms with van der Waals surface area (Å²) in [6.45, 7) is 0. The molecule has 0 fully saturated rings. The highest BCUT2D eigenvalue weighted by Gasteiger charge is 2.00. The largest absolute Gasteiger partial charge is 0.261 e. The van der Waals surface area contributed by atoms with Gasteiger partial charge in [-0.15, -0.1) is 0 Å². The van der Waals surface area contributed by atoms with Crippen LogP contribution in [0.1, 0.15) is 9.43 Å². The summed E-state index contributed by atoms with van der Waals surface area (Å²) in [6, 6.07) is 0. The predicted octanol–water partition coefficient (Wildman–Crippen LogP) is 2.26. The van der Waals surface area contributed by atoms with E-state index in [2.05, 4.69) is 41.8 Å². The molecular formula is C5H4Br2N2. The number of alkyl halides is 2. The van der Waals surface area contributed by atoms with Crippen LogP contribution in [0.15, 0.2) is 18.6 Å². The maximum atomic E-state index is 4.02. The van der Waals surface area contributed by atoms with Gasteiger partial charge in [0, 0.05) is 12.4 Å². The number of hydrogen-bond acceptors (Lipinski definition) is 2. The third-order valence-corrected chi connectivity index (χ3v) is 1.74. The Labute approximate surface area is 70.0 Å². The molecule has 0 aliphatic heterocycles. The van der Waals surface area contributed by atoms with Crippen LogP contribution in [0, 0.1) is 0 Å². The standard InChI is InChI=1S/C5H4Br2N2/c6-5(7)4-3-8-1-2-9-4/h1-3,5H. The Morgan fingerprint density at radius 3 is 2.44 bits per heavy atom. The molecule has 0 N–H and O–H groups in total. The molecule has 0 aliphatic rings. The first kappa shape index (κ1) is 7.15. The van der Waals surface area contributed by atoms with Gasteiger partial charge in [0.2, 0.25) is 0 Å². The minimum Gasteiger partial charge on any atom is -0.261 e. The Morgan fingerprint density at radius 1 is 1.33 bits per heavy atom. The van der Waals surface area contributed by atoms with Gasteiger partial charge in [-0.3, -0.25) is 9.97 Å². The van der Waals surface area contributed by atoms with Gasteiger partial charge in [0.15, 0.2) is 0 Å². The Kier molecular flexibility index (Phi) is 2.60. The first-order chi connectivity index (χ1) is 4.30. The van der Waals surface area contributed by atoms with Crippen molar-refractivity contribution in [2.45, 2.75) is 3.74 Å². The smallest absolute Gasteiger partial charge is 0.113 e. The fourth-order valence-corrected chi connectivity index (χ4v) is 0.896. The highest BCUT2D eigenvalue weighted by molar-refractivity contribution is 9.24. The molecule has 0 bridgehead atoms. The first-order valence-corrected chi connectivity index (χ1v) is 4.18. The second-order valence-electron chi connectivity index (χ2n) is 1.43. The molecule has 9 heavy (non-hydrogen) atoms. The molecule has 0 saturated carbocycles. The van der Waals surface area contributed by atoms with Gasteiger partial charge in [-0.2, -0.15) is 0 Å². The van der Waals surface area contributed by atoms with Crippen LogP contribution in [0.5, 0.6) is 0 Å². The summed E-state index contributed by atoms with van der Waals surface area (Å²) >= 11 is 6.59. The van der Waals surface area contributed by atoms with Crippen LogP contribution in [-0.4, -0.2) is 9.97 Å². The van der Waals surface area contributed by atoms with Crippen LogP contribution >= 0.6 is 31.9 Å². The van der Waals surface area contributed by atoms with Crippen molar-refractivity contribution in [3.8, 4) is 0 Å². The van der Waals surface area contributed by atoms with Crippen molar-refractivity contribution in [1.82, 2.24) is 9.97 Å². The zero-order valence-electron chi connectivity index (χ0n) is 4.46. The maximum Gasteiger partial charge on any atom is 0.113 e. The van der Waals surface area contributed by atoms with E-state index < -0.39 is 0 Å². The monoisotopic (exact) mass is 250 g/mol. The molecule has 0 spiro atoms. The fourth-order valence-electron chi connectivity index (χ4n) is 0.423. The van der Waals surface area contributed by atoms with E-state index in [1.54, 1.807) is 18.6 Å². The summed E-state index contributed by atoms with van der Waals surface area (Å²) < 4.78 is 0.110. The van der Waals surface area contributed by atoms with Crippen molar-refractivity contribution in [3.63, 3.8) is 0 Å². The van der Waals surface area contributed by atoms with E-state index in [0.29, 0.717) is 0 Å². The Balaban J connectivity index is 2.85. The van der Waals surface area contributed by atoms with E-state index in [1.807, 2.05) is 0 Å². The molecule has 0 amide bonds. The normalized spacial score (nSPS) is 10.1. The number of rotatable bonds is 1. The summed E-state index contributed by atoms with van der Waals surface area (Å²) in [4.78, 5) is 7.91. The van der Waals surface area contributed by atoms with Gasteiger partial charge in [-0.1, -0.05) is 31.9 Å². The summed E-state index contributed by atoms with van der Waals surface area (Å²) in [5, 5.41) is 0. The molecule has 48 valence electrons. The molecule has 4 heteroatoms. The van der Waals surface area contributed by atoms with Gasteiger partial charge in [0.05, 0.1) is 11.9 Å². The summed E-state index contributed by atoms with van der Waals surface area (Å²) in [7, 11) is 0. The zero-order valence-corrected chi connectivity index (χ0v) is 7.63. The lowest BCUT2D eigenvalue weighted by Crippen LogP contribution is -1.85. The fraction of sp³-hybridized carbons (Fsp3) is 0.200. The minimum atomic E-state index is 0.110. The molecule has 1 aromatic rings. The van der Waals surface area contributed by atoms with E-state index in [1.165, 1.54) is 0 Å². The molecule has 0 saturated heterocycles. The molecule has 2 nitrogen and oxygen atoms in total. The maximum absolute atomic E-state index is 4.02. The van der Waals surface area contributed by atoms with E-state index in [9.17, 15) is 0 Å². The van der Waals surface area contributed by atoms with Crippen molar-refractivity contribution in [2.24, 2.45) is 0 Å². The van der Waals surface area contributed by atoms with Crippen LogP contribution in [0.3, 0.4) is 0 Å². The second-order valence-corrected chi connectivity index (χ2v) is 4.49. The quantitative estimate of drug-likeness (QED) is 0.716. The van der Waals surface area contributed by atoms with Crippen LogP contribution in [-0.2, 0) is 0 Å². The summed E-state index contributed by atoms with van der Waals surface area (Å²) in [5.74, 6) is 0. The molecule has 1 heterocycles. The number of aromatic nitrogens is 2. The third kappa shape index (κ3) is 2.02. The third-order valence-electron chi connectivity index (χ3n) is 0.807. The predicted molar refractivity (Wildman–Crippen MR) is 42.6 cm³/mol. The second kappa shape index (κ2) is 3.27. The number of hydrogen-bond donors (Lipinski definition) is 0. The highest BCUT2D eigenvalue weighted by atomic mass is 79.9. The molecule has 1 rings (SSSR count). The van der Waals surface area contributed by atoms with Gasteiger partial charge in [0.25, 0.3) is 0 Å². The van der Waals surface area contributed by atoms with Crippen molar-refractivity contribution >= 4 is 31.9 Å². The van der Waals surface area contributed by atoms with Gasteiger partial charge in [0.1, 0.15) is 3.74 Å². The van der Waals surface area contributed by atoms with Crippen LogP contribution in [0.2, 0.25) is 0 Å². The van der Waals surface area contributed by atoms with Crippen LogP contribution in [0.25, 0.3) is 0 Å². The van der Waals surface area contributed by atoms with Crippen molar-refractivity contribution < 1.29 is 0 Å². The molecule has 0 aliphatic carbocycles. The van der Waals surface area contributed by atoms with Crippen molar-refractivity contribution in [1.29, 1.82) is 0 Å². The van der Waals surface area contributed by atoms with Gasteiger partial charge in [-0.25, -0.2) is 0 Å². The molecular weight excluding hydrogens is 248 g/mol. The average Bonchev–Trinajstić information content (AvgIpc) is 1.90. The Morgan fingerprint density at radius 2 is 2.11 bits per heavy atom. The molecule has 0 atom stereocenters. The molecule has 1 aromatic heterocycles. The van der Waals surface area contributed by atoms with Crippen LogP contribution in [0.4, 0.5) is 0 Å². The van der Waals surface area contributed by atoms with E-state index in [0.717, 1.165) is 5.69 Å². The average molecular weight is 252 g/mol. The lowest BCUT2D eigenvalue weighted by Gasteiger charge is -1.95. The van der Waals surface area contributed by atoms with Crippen molar-refractivity contribution in [2.75, 3.05) is 0 Å². The molecule has 0 aromatic carbocycles. The Bertz CT molecular complexity index is 176. The number of halogens is 2. The van der Waals surface area contributed by atoms with E-state index >= 15 is 0 Å². The number of nitrogens with zero attached hydrogens (tertiary/aromatic N) is 2. The van der Waals surface area contributed by atoms with E-state index in [-0.39, 0.29) is 3.74 Å². The SMILES string of the molecule is BrC(Br)c1cnccn1. The highest BCUT2D eigenvalue weighted by Crippen LogP contribution is 2.25. The van der Waals surface area contributed by atoms with Gasteiger partial charge < -0.3 is 0 Å². The van der Waals surface area contributed by atoms with E-state index in [4.69, 9.17) is 0 Å². The molecule has 0 radical (unpaired) electrons. The lowest BCUT2D eigenvalue weighted by atomic mass is 10.5. The van der Waals surface area contributed by atoms with Crippen molar-refractivity contribution in [3.05, 3.63) is 24.3 Å². The van der Waals surface area contributed by atoms with Gasteiger partial charge >= 0.3 is 0 Å². The lowest BCUT2D eigenvalue weighted by molar-refractivity contribution is 1.10. The first-order valence-electron chi connectivity index (χ1n) is 2.35. The summed E-state index contributed by atoms with van der Waals surface area (Å²) in [6.07, 6.45) is 5.00. The minimum absolute atomic E-state index is 0.110. The Hall–Kier alpha value is 0.0400.